The molecule has 0 fully saturated rings. The second-order valence-corrected chi connectivity index (χ2v) is 5.87. The number of hydrogen-bond donors (Lipinski definition) is 2. The Balaban J connectivity index is 2.15. The highest BCUT2D eigenvalue weighted by Crippen LogP contribution is 2.27. The summed E-state index contributed by atoms with van der Waals surface area (Å²) in [5.74, 6) is 6.37. The van der Waals surface area contributed by atoms with E-state index >= 15 is 0 Å². The highest BCUT2D eigenvalue weighted by Gasteiger charge is 2.14. The van der Waals surface area contributed by atoms with Crippen LogP contribution in [0.1, 0.15) is 44.7 Å². The third kappa shape index (κ3) is 3.07. The maximum Gasteiger partial charge on any atom is 0.0809 e. The molecule has 2 atom stereocenters. The molecule has 4 heteroatoms. The Bertz CT molecular complexity index is 494. The van der Waals surface area contributed by atoms with Gasteiger partial charge in [-0.1, -0.05) is 26.7 Å². The van der Waals surface area contributed by atoms with Gasteiger partial charge in [-0.3, -0.25) is 16.3 Å². The van der Waals surface area contributed by atoms with Crippen molar-refractivity contribution in [1.82, 2.24) is 10.4 Å². The molecule has 3 N–H and O–H groups in total. The van der Waals surface area contributed by atoms with E-state index in [1.165, 1.54) is 23.1 Å². The first-order valence-corrected chi connectivity index (χ1v) is 7.41. The third-order valence-corrected chi connectivity index (χ3v) is 4.20. The normalized spacial score (nSPS) is 14.8. The predicted octanol–water partition coefficient (Wildman–Crippen LogP) is 3.63. The minimum Gasteiger partial charge on any atom is -0.271 e. The summed E-state index contributed by atoms with van der Waals surface area (Å²) in [6.45, 7) is 4.51. The summed E-state index contributed by atoms with van der Waals surface area (Å²) in [7, 11) is 0. The largest absolute Gasteiger partial charge is 0.271 e. The second kappa shape index (κ2) is 6.27. The Kier molecular flexibility index (Phi) is 4.69. The number of nitrogens with zero attached hydrogens (tertiary/aromatic N) is 1. The molecule has 2 aromatic rings. The molecule has 0 saturated carbocycles. The summed E-state index contributed by atoms with van der Waals surface area (Å²) < 4.78 is 1.23. The van der Waals surface area contributed by atoms with Gasteiger partial charge in [0.2, 0.25) is 0 Å². The molecule has 3 nitrogen and oxygen atoms in total. The number of rotatable bonds is 6. The number of nitrogens with one attached hydrogen (secondary N) is 1. The Morgan fingerprint density at radius 3 is 3.06 bits per heavy atom. The first-order valence-electron chi connectivity index (χ1n) is 6.53. The van der Waals surface area contributed by atoms with Crippen LogP contribution in [0.2, 0.25) is 0 Å². The zero-order chi connectivity index (χ0) is 13.0. The number of thiophene rings is 1. The molecule has 0 radical (unpaired) electrons. The lowest BCUT2D eigenvalue weighted by Gasteiger charge is -2.20. The molecule has 2 unspecified atom stereocenters. The highest BCUT2D eigenvalue weighted by molar-refractivity contribution is 7.17. The van der Waals surface area contributed by atoms with Crippen LogP contribution in [0.25, 0.3) is 10.2 Å². The number of hydrogen-bond acceptors (Lipinski definition) is 4. The number of aromatic nitrogens is 1. The molecule has 0 saturated heterocycles. The van der Waals surface area contributed by atoms with E-state index in [0.29, 0.717) is 5.92 Å². The van der Waals surface area contributed by atoms with Crippen molar-refractivity contribution in [3.8, 4) is 0 Å². The average molecular weight is 263 g/mol. The van der Waals surface area contributed by atoms with Gasteiger partial charge in [-0.15, -0.1) is 11.3 Å². The van der Waals surface area contributed by atoms with Crippen LogP contribution in [-0.4, -0.2) is 4.98 Å². The fraction of sp³-hybridized carbons (Fsp3) is 0.500. The number of fused-ring (bicyclic) bond motifs is 1. The predicted molar refractivity (Wildman–Crippen MR) is 78.4 cm³/mol. The Morgan fingerprint density at radius 1 is 1.50 bits per heavy atom. The van der Waals surface area contributed by atoms with Crippen LogP contribution in [0.4, 0.5) is 0 Å². The van der Waals surface area contributed by atoms with Crippen LogP contribution in [-0.2, 0) is 0 Å². The van der Waals surface area contributed by atoms with Gasteiger partial charge in [0.15, 0.2) is 0 Å². The lowest BCUT2D eigenvalue weighted by atomic mass is 9.94. The van der Waals surface area contributed by atoms with Gasteiger partial charge in [0.05, 0.1) is 10.2 Å². The van der Waals surface area contributed by atoms with Gasteiger partial charge in [-0.05, 0) is 35.4 Å². The molecule has 18 heavy (non-hydrogen) atoms. The van der Waals surface area contributed by atoms with Gasteiger partial charge in [0.25, 0.3) is 0 Å². The van der Waals surface area contributed by atoms with Crippen LogP contribution >= 0.6 is 11.3 Å². The fourth-order valence-electron chi connectivity index (χ4n) is 2.37. The molecular formula is C14H21N3S. The van der Waals surface area contributed by atoms with Crippen molar-refractivity contribution >= 4 is 21.6 Å². The van der Waals surface area contributed by atoms with E-state index in [4.69, 9.17) is 5.84 Å². The van der Waals surface area contributed by atoms with Crippen molar-refractivity contribution in [2.75, 3.05) is 0 Å². The molecule has 2 heterocycles. The van der Waals surface area contributed by atoms with Crippen molar-refractivity contribution in [3.05, 3.63) is 29.3 Å². The number of pyridine rings is 1. The lowest BCUT2D eigenvalue weighted by Crippen LogP contribution is -2.29. The third-order valence-electron chi connectivity index (χ3n) is 3.35. The minimum absolute atomic E-state index is 0.200. The van der Waals surface area contributed by atoms with Crippen molar-refractivity contribution in [2.24, 2.45) is 11.8 Å². The Hall–Kier alpha value is -0.970. The van der Waals surface area contributed by atoms with Crippen molar-refractivity contribution in [3.63, 3.8) is 0 Å². The van der Waals surface area contributed by atoms with Crippen molar-refractivity contribution in [1.29, 1.82) is 0 Å². The molecule has 0 aliphatic rings. The zero-order valence-electron chi connectivity index (χ0n) is 11.0. The second-order valence-electron chi connectivity index (χ2n) is 4.92. The fourth-order valence-corrected chi connectivity index (χ4v) is 3.15. The van der Waals surface area contributed by atoms with E-state index in [0.717, 1.165) is 11.9 Å². The maximum absolute atomic E-state index is 5.69. The molecule has 0 amide bonds. The summed E-state index contributed by atoms with van der Waals surface area (Å²) in [4.78, 5) is 4.48. The van der Waals surface area contributed by atoms with Gasteiger partial charge in [0.1, 0.15) is 0 Å². The lowest BCUT2D eigenvalue weighted by molar-refractivity contribution is 0.394. The van der Waals surface area contributed by atoms with E-state index in [1.54, 1.807) is 11.3 Å². The van der Waals surface area contributed by atoms with Gasteiger partial charge < -0.3 is 0 Å². The highest BCUT2D eigenvalue weighted by atomic mass is 32.1. The Labute approximate surface area is 112 Å². The van der Waals surface area contributed by atoms with Crippen LogP contribution in [0, 0.1) is 5.92 Å². The molecular weight excluding hydrogens is 242 g/mol. The molecule has 2 rings (SSSR count). The zero-order valence-corrected chi connectivity index (χ0v) is 11.8. The minimum atomic E-state index is 0.200. The van der Waals surface area contributed by atoms with E-state index in [9.17, 15) is 0 Å². The SMILES string of the molecule is CCCC(C)CC(NN)c1cnc2ccsc2c1. The van der Waals surface area contributed by atoms with Gasteiger partial charge in [0, 0.05) is 12.2 Å². The van der Waals surface area contributed by atoms with Gasteiger partial charge in [-0.25, -0.2) is 0 Å². The Morgan fingerprint density at radius 2 is 2.33 bits per heavy atom. The van der Waals surface area contributed by atoms with E-state index in [1.807, 2.05) is 12.3 Å². The summed E-state index contributed by atoms with van der Waals surface area (Å²) in [6.07, 6.45) is 5.47. The van der Waals surface area contributed by atoms with Crippen molar-refractivity contribution < 1.29 is 0 Å². The molecule has 0 aromatic carbocycles. The van der Waals surface area contributed by atoms with E-state index in [-0.39, 0.29) is 6.04 Å². The van der Waals surface area contributed by atoms with Gasteiger partial charge >= 0.3 is 0 Å². The average Bonchev–Trinajstić information content (AvgIpc) is 2.83. The van der Waals surface area contributed by atoms with E-state index < -0.39 is 0 Å². The molecule has 0 aliphatic heterocycles. The van der Waals surface area contributed by atoms with Crippen LogP contribution in [0.15, 0.2) is 23.7 Å². The van der Waals surface area contributed by atoms with Crippen LogP contribution in [0.5, 0.6) is 0 Å². The molecule has 2 aromatic heterocycles. The maximum atomic E-state index is 5.69. The molecule has 0 bridgehead atoms. The number of hydrazine groups is 1. The first kappa shape index (κ1) is 13.5. The first-order chi connectivity index (χ1) is 8.74. The molecule has 98 valence electrons. The molecule has 0 aliphatic carbocycles. The topological polar surface area (TPSA) is 50.9 Å². The van der Waals surface area contributed by atoms with Crippen molar-refractivity contribution in [2.45, 2.75) is 39.2 Å². The summed E-state index contributed by atoms with van der Waals surface area (Å²) >= 11 is 1.73. The van der Waals surface area contributed by atoms with Gasteiger partial charge in [-0.2, -0.15) is 0 Å². The summed E-state index contributed by atoms with van der Waals surface area (Å²) in [5, 5.41) is 2.08. The van der Waals surface area contributed by atoms with Crippen LogP contribution in [0.3, 0.4) is 0 Å². The number of nitrogens with two attached hydrogens (primary N) is 1. The van der Waals surface area contributed by atoms with Crippen LogP contribution < -0.4 is 11.3 Å². The standard InChI is InChI=1S/C14H21N3S/c1-3-4-10(2)7-13(17-15)11-8-14-12(16-9-11)5-6-18-14/h5-6,8-10,13,17H,3-4,7,15H2,1-2H3. The monoisotopic (exact) mass is 263 g/mol. The smallest absolute Gasteiger partial charge is 0.0809 e. The summed E-state index contributed by atoms with van der Waals surface area (Å²) in [5.41, 5.74) is 5.19. The molecule has 0 spiro atoms. The van der Waals surface area contributed by atoms with E-state index in [2.05, 4.69) is 35.7 Å². The summed E-state index contributed by atoms with van der Waals surface area (Å²) in [6, 6.07) is 4.45. The quantitative estimate of drug-likeness (QED) is 0.618.